The Labute approximate surface area is 125 Å². The molecule has 2 aromatic rings. The van der Waals surface area contributed by atoms with Gasteiger partial charge in [-0.3, -0.25) is 4.68 Å². The summed E-state index contributed by atoms with van der Waals surface area (Å²) in [5, 5.41) is 7.98. The predicted molar refractivity (Wildman–Crippen MR) is 87.4 cm³/mol. The van der Waals surface area contributed by atoms with Crippen LogP contribution in [0.4, 0.5) is 5.69 Å². The van der Waals surface area contributed by atoms with E-state index in [0.717, 1.165) is 18.0 Å². The Morgan fingerprint density at radius 1 is 1.35 bits per heavy atom. The third-order valence-corrected chi connectivity index (χ3v) is 4.43. The highest BCUT2D eigenvalue weighted by atomic mass is 32.2. The standard InChI is InChI=1S/C16H21N3S/c1-5-10-20-16-9-7-6-8-15(16)17-11-14-12(2)18-19(4)13(14)3/h5-9,17H,1,10-11H2,2-4H3. The first-order valence-corrected chi connectivity index (χ1v) is 7.67. The highest BCUT2D eigenvalue weighted by molar-refractivity contribution is 7.99. The molecule has 1 aromatic carbocycles. The van der Waals surface area contributed by atoms with Crippen molar-refractivity contribution in [2.75, 3.05) is 11.1 Å². The van der Waals surface area contributed by atoms with E-state index in [9.17, 15) is 0 Å². The van der Waals surface area contributed by atoms with Crippen molar-refractivity contribution < 1.29 is 0 Å². The molecule has 4 heteroatoms. The molecule has 0 spiro atoms. The number of thioether (sulfide) groups is 1. The van der Waals surface area contributed by atoms with E-state index in [0.29, 0.717) is 0 Å². The molecule has 3 nitrogen and oxygen atoms in total. The molecule has 20 heavy (non-hydrogen) atoms. The van der Waals surface area contributed by atoms with E-state index in [1.54, 1.807) is 11.8 Å². The summed E-state index contributed by atoms with van der Waals surface area (Å²) in [6, 6.07) is 8.38. The second-order valence-electron chi connectivity index (χ2n) is 4.72. The highest BCUT2D eigenvalue weighted by Crippen LogP contribution is 2.27. The fraction of sp³-hybridized carbons (Fsp3) is 0.312. The molecule has 106 valence electrons. The Kier molecular flexibility index (Phi) is 4.90. The molecule has 0 atom stereocenters. The summed E-state index contributed by atoms with van der Waals surface area (Å²) in [6.45, 7) is 8.74. The summed E-state index contributed by atoms with van der Waals surface area (Å²) < 4.78 is 1.94. The van der Waals surface area contributed by atoms with Gasteiger partial charge in [0.25, 0.3) is 0 Å². The maximum absolute atomic E-state index is 4.45. The molecule has 2 rings (SSSR count). The Bertz CT molecular complexity index is 602. The van der Waals surface area contributed by atoms with Gasteiger partial charge >= 0.3 is 0 Å². The van der Waals surface area contributed by atoms with Gasteiger partial charge < -0.3 is 5.32 Å². The fourth-order valence-electron chi connectivity index (χ4n) is 2.14. The summed E-state index contributed by atoms with van der Waals surface area (Å²) in [6.07, 6.45) is 1.93. The minimum Gasteiger partial charge on any atom is -0.380 e. The number of nitrogens with zero attached hydrogens (tertiary/aromatic N) is 2. The molecule has 0 aliphatic heterocycles. The number of rotatable bonds is 6. The van der Waals surface area contributed by atoms with Crippen LogP contribution >= 0.6 is 11.8 Å². The van der Waals surface area contributed by atoms with Crippen molar-refractivity contribution in [2.45, 2.75) is 25.3 Å². The zero-order valence-corrected chi connectivity index (χ0v) is 13.1. The maximum atomic E-state index is 4.45. The van der Waals surface area contributed by atoms with Crippen LogP contribution in [0.25, 0.3) is 0 Å². The first kappa shape index (κ1) is 14.7. The Morgan fingerprint density at radius 2 is 2.10 bits per heavy atom. The third kappa shape index (κ3) is 3.25. The fourth-order valence-corrected chi connectivity index (χ4v) is 2.91. The molecule has 0 saturated heterocycles. The summed E-state index contributed by atoms with van der Waals surface area (Å²) in [5.74, 6) is 0.920. The van der Waals surface area contributed by atoms with E-state index in [2.05, 4.69) is 55.1 Å². The number of para-hydroxylation sites is 1. The zero-order chi connectivity index (χ0) is 14.5. The monoisotopic (exact) mass is 287 g/mol. The van der Waals surface area contributed by atoms with Gasteiger partial charge in [0.15, 0.2) is 0 Å². The summed E-state index contributed by atoms with van der Waals surface area (Å²) in [7, 11) is 1.99. The van der Waals surface area contributed by atoms with E-state index in [4.69, 9.17) is 0 Å². The second kappa shape index (κ2) is 6.66. The number of aryl methyl sites for hydroxylation is 2. The highest BCUT2D eigenvalue weighted by Gasteiger charge is 2.09. The van der Waals surface area contributed by atoms with Gasteiger partial charge in [-0.05, 0) is 26.0 Å². The summed E-state index contributed by atoms with van der Waals surface area (Å²) >= 11 is 1.79. The molecule has 0 saturated carbocycles. The number of aromatic nitrogens is 2. The third-order valence-electron chi connectivity index (χ3n) is 3.36. The number of nitrogens with one attached hydrogen (secondary N) is 1. The minimum absolute atomic E-state index is 0.803. The van der Waals surface area contributed by atoms with Crippen LogP contribution in [0.3, 0.4) is 0 Å². The van der Waals surface area contributed by atoms with Gasteiger partial charge in [0, 0.05) is 41.2 Å². The lowest BCUT2D eigenvalue weighted by atomic mass is 10.2. The second-order valence-corrected chi connectivity index (χ2v) is 5.78. The minimum atomic E-state index is 0.803. The van der Waals surface area contributed by atoms with Gasteiger partial charge in [-0.1, -0.05) is 18.2 Å². The van der Waals surface area contributed by atoms with Crippen molar-refractivity contribution in [1.29, 1.82) is 0 Å². The summed E-state index contributed by atoms with van der Waals surface area (Å²) in [5.41, 5.74) is 4.75. The normalized spacial score (nSPS) is 10.6. The first-order chi connectivity index (χ1) is 9.63. The largest absolute Gasteiger partial charge is 0.380 e. The van der Waals surface area contributed by atoms with Crippen molar-refractivity contribution in [1.82, 2.24) is 9.78 Å². The van der Waals surface area contributed by atoms with E-state index in [-0.39, 0.29) is 0 Å². The SMILES string of the molecule is C=CCSc1ccccc1NCc1c(C)nn(C)c1C. The molecule has 0 aliphatic carbocycles. The number of hydrogen-bond donors (Lipinski definition) is 1. The molecule has 1 heterocycles. The lowest BCUT2D eigenvalue weighted by Crippen LogP contribution is -2.03. The van der Waals surface area contributed by atoms with E-state index < -0.39 is 0 Å². The maximum Gasteiger partial charge on any atom is 0.0646 e. The van der Waals surface area contributed by atoms with Crippen LogP contribution in [0, 0.1) is 13.8 Å². The van der Waals surface area contributed by atoms with E-state index >= 15 is 0 Å². The Morgan fingerprint density at radius 3 is 2.75 bits per heavy atom. The van der Waals surface area contributed by atoms with Crippen LogP contribution in [-0.2, 0) is 13.6 Å². The van der Waals surface area contributed by atoms with Crippen molar-refractivity contribution in [3.05, 3.63) is 53.9 Å². The topological polar surface area (TPSA) is 29.9 Å². The van der Waals surface area contributed by atoms with Crippen LogP contribution in [0.1, 0.15) is 17.0 Å². The van der Waals surface area contributed by atoms with E-state index in [1.165, 1.54) is 21.8 Å². The van der Waals surface area contributed by atoms with Crippen molar-refractivity contribution in [2.24, 2.45) is 7.05 Å². The molecule has 0 radical (unpaired) electrons. The average molecular weight is 287 g/mol. The number of hydrogen-bond acceptors (Lipinski definition) is 3. The smallest absolute Gasteiger partial charge is 0.0646 e. The van der Waals surface area contributed by atoms with Gasteiger partial charge in [-0.2, -0.15) is 5.10 Å². The van der Waals surface area contributed by atoms with Crippen molar-refractivity contribution in [3.8, 4) is 0 Å². The van der Waals surface area contributed by atoms with Crippen molar-refractivity contribution in [3.63, 3.8) is 0 Å². The zero-order valence-electron chi connectivity index (χ0n) is 12.3. The van der Waals surface area contributed by atoms with E-state index in [1.807, 2.05) is 17.8 Å². The quantitative estimate of drug-likeness (QED) is 0.645. The predicted octanol–water partition coefficient (Wildman–Crippen LogP) is 3.93. The van der Waals surface area contributed by atoms with Gasteiger partial charge in [-0.15, -0.1) is 18.3 Å². The molecular formula is C16H21N3S. The first-order valence-electron chi connectivity index (χ1n) is 6.69. The van der Waals surface area contributed by atoms with Crippen LogP contribution in [0.2, 0.25) is 0 Å². The number of anilines is 1. The molecule has 0 bridgehead atoms. The summed E-state index contributed by atoms with van der Waals surface area (Å²) in [4.78, 5) is 1.26. The van der Waals surface area contributed by atoms with Crippen LogP contribution in [-0.4, -0.2) is 15.5 Å². The number of benzene rings is 1. The Hall–Kier alpha value is -1.68. The van der Waals surface area contributed by atoms with Crippen LogP contribution in [0.5, 0.6) is 0 Å². The van der Waals surface area contributed by atoms with Gasteiger partial charge in [0.1, 0.15) is 0 Å². The lowest BCUT2D eigenvalue weighted by Gasteiger charge is -2.11. The van der Waals surface area contributed by atoms with Crippen molar-refractivity contribution >= 4 is 17.4 Å². The molecular weight excluding hydrogens is 266 g/mol. The Balaban J connectivity index is 2.12. The lowest BCUT2D eigenvalue weighted by molar-refractivity contribution is 0.730. The molecule has 0 aliphatic rings. The molecule has 0 amide bonds. The molecule has 1 N–H and O–H groups in total. The average Bonchev–Trinajstić information content (AvgIpc) is 2.69. The molecule has 1 aromatic heterocycles. The van der Waals surface area contributed by atoms with Gasteiger partial charge in [0.05, 0.1) is 5.69 Å². The molecule has 0 fully saturated rings. The van der Waals surface area contributed by atoms with Crippen LogP contribution in [0.15, 0.2) is 41.8 Å². The molecule has 0 unspecified atom stereocenters. The van der Waals surface area contributed by atoms with Crippen LogP contribution < -0.4 is 5.32 Å². The van der Waals surface area contributed by atoms with Gasteiger partial charge in [-0.25, -0.2) is 0 Å². The van der Waals surface area contributed by atoms with Gasteiger partial charge in [0.2, 0.25) is 0 Å².